The molecule has 7 nitrogen and oxygen atoms in total. The van der Waals surface area contributed by atoms with E-state index in [9.17, 15) is 14.4 Å². The Bertz CT molecular complexity index is 1360. The van der Waals surface area contributed by atoms with Crippen molar-refractivity contribution in [3.63, 3.8) is 0 Å². The third-order valence-corrected chi connectivity index (χ3v) is 5.95. The fourth-order valence-electron chi connectivity index (χ4n) is 3.42. The third kappa shape index (κ3) is 5.82. The SMILES string of the molecule is Cc1cccc(NC(=O)COc2ccc(/C=C3/C(=O)NC(=S)N(c4ccccc4)C3=O)cc2Br)c1. The van der Waals surface area contributed by atoms with Crippen molar-refractivity contribution in [3.8, 4) is 5.75 Å². The minimum absolute atomic E-state index is 0.0252. The number of nitrogens with one attached hydrogen (secondary N) is 2. The van der Waals surface area contributed by atoms with Crippen LogP contribution in [0.25, 0.3) is 6.08 Å². The molecule has 176 valence electrons. The van der Waals surface area contributed by atoms with Crippen molar-refractivity contribution < 1.29 is 19.1 Å². The number of halogens is 1. The molecule has 3 aromatic rings. The molecule has 1 aliphatic heterocycles. The fourth-order valence-corrected chi connectivity index (χ4v) is 4.21. The molecule has 0 bridgehead atoms. The standard InChI is InChI=1S/C26H20BrN3O4S/c1-16-6-5-7-18(12-16)28-23(31)15-34-22-11-10-17(14-21(22)27)13-20-24(32)29-26(35)30(25(20)33)19-8-3-2-4-9-19/h2-14H,15H2,1H3,(H,28,31)(H,29,32,35)/b20-13-. The average Bonchev–Trinajstić information content (AvgIpc) is 2.82. The number of thiocarbonyl (C=S) groups is 1. The molecule has 1 aliphatic rings. The van der Waals surface area contributed by atoms with Crippen molar-refractivity contribution in [1.82, 2.24) is 5.32 Å². The molecule has 1 heterocycles. The zero-order chi connectivity index (χ0) is 24.9. The summed E-state index contributed by atoms with van der Waals surface area (Å²) >= 11 is 8.63. The second-order valence-electron chi connectivity index (χ2n) is 7.69. The molecule has 0 atom stereocenters. The van der Waals surface area contributed by atoms with Crippen molar-refractivity contribution in [3.05, 3.63) is 94.0 Å². The first-order valence-electron chi connectivity index (χ1n) is 10.6. The van der Waals surface area contributed by atoms with E-state index in [0.717, 1.165) is 5.56 Å². The summed E-state index contributed by atoms with van der Waals surface area (Å²) in [7, 11) is 0. The van der Waals surface area contributed by atoms with Gasteiger partial charge in [0.05, 0.1) is 10.2 Å². The quantitative estimate of drug-likeness (QED) is 0.266. The second kappa shape index (κ2) is 10.6. The fraction of sp³-hybridized carbons (Fsp3) is 0.0769. The summed E-state index contributed by atoms with van der Waals surface area (Å²) < 4.78 is 6.19. The van der Waals surface area contributed by atoms with E-state index >= 15 is 0 Å². The largest absolute Gasteiger partial charge is 0.483 e. The molecule has 9 heteroatoms. The molecule has 3 aromatic carbocycles. The number of anilines is 2. The number of carbonyl (C=O) groups is 3. The zero-order valence-corrected chi connectivity index (χ0v) is 21.0. The Labute approximate surface area is 215 Å². The number of para-hydroxylation sites is 1. The van der Waals surface area contributed by atoms with Crippen LogP contribution in [-0.2, 0) is 14.4 Å². The van der Waals surface area contributed by atoms with Gasteiger partial charge >= 0.3 is 0 Å². The van der Waals surface area contributed by atoms with Crippen molar-refractivity contribution >= 4 is 68.4 Å². The summed E-state index contributed by atoms with van der Waals surface area (Å²) in [5, 5.41) is 5.37. The molecule has 0 unspecified atom stereocenters. The lowest BCUT2D eigenvalue weighted by Gasteiger charge is -2.28. The van der Waals surface area contributed by atoms with Gasteiger partial charge in [0.2, 0.25) is 0 Å². The van der Waals surface area contributed by atoms with Gasteiger partial charge in [-0.2, -0.15) is 0 Å². The van der Waals surface area contributed by atoms with Gasteiger partial charge in [-0.25, -0.2) is 0 Å². The van der Waals surface area contributed by atoms with E-state index in [0.29, 0.717) is 27.2 Å². The van der Waals surface area contributed by atoms with Crippen molar-refractivity contribution in [2.75, 3.05) is 16.8 Å². The molecule has 0 saturated carbocycles. The van der Waals surface area contributed by atoms with Crippen LogP contribution in [0.5, 0.6) is 5.75 Å². The monoisotopic (exact) mass is 549 g/mol. The summed E-state index contributed by atoms with van der Waals surface area (Å²) in [6, 6.07) is 21.4. The first-order chi connectivity index (χ1) is 16.8. The molecule has 1 saturated heterocycles. The van der Waals surface area contributed by atoms with E-state index in [1.807, 2.05) is 31.2 Å². The molecule has 0 aromatic heterocycles. The minimum Gasteiger partial charge on any atom is -0.483 e. The number of ether oxygens (including phenoxy) is 1. The number of aryl methyl sites for hydroxylation is 1. The number of rotatable bonds is 6. The molecule has 1 fully saturated rings. The molecule has 35 heavy (non-hydrogen) atoms. The molecular formula is C26H20BrN3O4S. The number of amides is 3. The van der Waals surface area contributed by atoms with E-state index in [1.165, 1.54) is 11.0 Å². The van der Waals surface area contributed by atoms with Crippen molar-refractivity contribution in [2.24, 2.45) is 0 Å². The third-order valence-electron chi connectivity index (χ3n) is 5.04. The molecule has 0 spiro atoms. The summed E-state index contributed by atoms with van der Waals surface area (Å²) in [4.78, 5) is 39.1. The number of hydrogen-bond acceptors (Lipinski definition) is 5. The molecule has 0 radical (unpaired) electrons. The van der Waals surface area contributed by atoms with E-state index in [4.69, 9.17) is 17.0 Å². The van der Waals surface area contributed by atoms with Gasteiger partial charge in [-0.15, -0.1) is 0 Å². The van der Waals surface area contributed by atoms with Gasteiger partial charge in [0.25, 0.3) is 17.7 Å². The smallest absolute Gasteiger partial charge is 0.270 e. The Morgan fingerprint density at radius 1 is 1.09 bits per heavy atom. The van der Waals surface area contributed by atoms with E-state index < -0.39 is 11.8 Å². The summed E-state index contributed by atoms with van der Waals surface area (Å²) in [6.07, 6.45) is 1.48. The van der Waals surface area contributed by atoms with Crippen LogP contribution in [0.3, 0.4) is 0 Å². The summed E-state index contributed by atoms with van der Waals surface area (Å²) in [5.41, 5.74) is 2.82. The minimum atomic E-state index is -0.573. The highest BCUT2D eigenvalue weighted by Crippen LogP contribution is 2.28. The first kappa shape index (κ1) is 24.3. The molecule has 4 rings (SSSR count). The van der Waals surface area contributed by atoms with Crippen molar-refractivity contribution in [2.45, 2.75) is 6.92 Å². The molecule has 3 amide bonds. The maximum Gasteiger partial charge on any atom is 0.270 e. The number of nitrogens with zero attached hydrogens (tertiary/aromatic N) is 1. The maximum atomic E-state index is 13.1. The number of hydrogen-bond donors (Lipinski definition) is 2. The number of carbonyl (C=O) groups excluding carboxylic acids is 3. The highest BCUT2D eigenvalue weighted by Gasteiger charge is 2.34. The predicted molar refractivity (Wildman–Crippen MR) is 142 cm³/mol. The lowest BCUT2D eigenvalue weighted by atomic mass is 10.1. The van der Waals surface area contributed by atoms with Crippen LogP contribution in [0.15, 0.2) is 82.8 Å². The molecule has 2 N–H and O–H groups in total. The zero-order valence-electron chi connectivity index (χ0n) is 18.6. The van der Waals surface area contributed by atoms with Gasteiger partial charge in [0.1, 0.15) is 11.3 Å². The number of benzene rings is 3. The first-order valence-corrected chi connectivity index (χ1v) is 11.8. The lowest BCUT2D eigenvalue weighted by molar-refractivity contribution is -0.122. The Kier molecular flexibility index (Phi) is 7.38. The Morgan fingerprint density at radius 2 is 1.86 bits per heavy atom. The van der Waals surface area contributed by atoms with Gasteiger partial charge in [-0.05, 0) is 88.7 Å². The van der Waals surface area contributed by atoms with Crippen LogP contribution in [0.4, 0.5) is 11.4 Å². The van der Waals surface area contributed by atoms with Crippen LogP contribution in [0.1, 0.15) is 11.1 Å². The summed E-state index contributed by atoms with van der Waals surface area (Å²) in [6.45, 7) is 1.76. The van der Waals surface area contributed by atoms with Crippen molar-refractivity contribution in [1.29, 1.82) is 0 Å². The van der Waals surface area contributed by atoms with Gasteiger partial charge in [-0.3, -0.25) is 24.6 Å². The average molecular weight is 550 g/mol. The second-order valence-corrected chi connectivity index (χ2v) is 8.93. The Hall–Kier alpha value is -3.82. The van der Waals surface area contributed by atoms with E-state index in [2.05, 4.69) is 26.6 Å². The van der Waals surface area contributed by atoms with E-state index in [1.54, 1.807) is 48.5 Å². The van der Waals surface area contributed by atoms with E-state index in [-0.39, 0.29) is 23.2 Å². The highest BCUT2D eigenvalue weighted by atomic mass is 79.9. The molecular weight excluding hydrogens is 530 g/mol. The predicted octanol–water partition coefficient (Wildman–Crippen LogP) is 4.61. The van der Waals surface area contributed by atoms with Gasteiger partial charge in [0, 0.05) is 5.69 Å². The van der Waals surface area contributed by atoms with Gasteiger partial charge in [-0.1, -0.05) is 36.4 Å². The Balaban J connectivity index is 1.47. The van der Waals surface area contributed by atoms with Crippen LogP contribution >= 0.6 is 28.1 Å². The van der Waals surface area contributed by atoms with Crippen LogP contribution in [-0.4, -0.2) is 29.4 Å². The topological polar surface area (TPSA) is 87.7 Å². The summed E-state index contributed by atoms with van der Waals surface area (Å²) in [5.74, 6) is -0.945. The van der Waals surface area contributed by atoms with Gasteiger partial charge < -0.3 is 10.1 Å². The normalized spacial score (nSPS) is 14.6. The maximum absolute atomic E-state index is 13.1. The lowest BCUT2D eigenvalue weighted by Crippen LogP contribution is -2.54. The highest BCUT2D eigenvalue weighted by molar-refractivity contribution is 9.10. The molecule has 0 aliphatic carbocycles. The van der Waals surface area contributed by atoms with Crippen LogP contribution < -0.4 is 20.3 Å². The Morgan fingerprint density at radius 3 is 2.57 bits per heavy atom. The van der Waals surface area contributed by atoms with Crippen LogP contribution in [0.2, 0.25) is 0 Å². The van der Waals surface area contributed by atoms with Gasteiger partial charge in [0.15, 0.2) is 11.7 Å². The van der Waals surface area contributed by atoms with Crippen LogP contribution in [0, 0.1) is 6.92 Å².